The van der Waals surface area contributed by atoms with Crippen molar-refractivity contribution < 1.29 is 14.3 Å². The van der Waals surface area contributed by atoms with Crippen molar-refractivity contribution in [2.75, 3.05) is 20.2 Å². The van der Waals surface area contributed by atoms with Crippen LogP contribution in [-0.2, 0) is 9.53 Å². The molecular formula is C13H24N2O3. The Balaban J connectivity index is 2.58. The molecule has 0 unspecified atom stereocenters. The van der Waals surface area contributed by atoms with Crippen LogP contribution in [0.5, 0.6) is 0 Å². The zero-order valence-electron chi connectivity index (χ0n) is 11.6. The van der Waals surface area contributed by atoms with Crippen LogP contribution in [0.15, 0.2) is 0 Å². The molecule has 1 N–H and O–H groups in total. The molecule has 2 atom stereocenters. The normalized spacial score (nSPS) is 18.9. The highest BCUT2D eigenvalue weighted by Gasteiger charge is 2.28. The summed E-state index contributed by atoms with van der Waals surface area (Å²) in [6.07, 6.45) is 4.08. The highest BCUT2D eigenvalue weighted by Crippen LogP contribution is 2.12. The van der Waals surface area contributed by atoms with E-state index in [0.717, 1.165) is 32.4 Å². The van der Waals surface area contributed by atoms with Crippen molar-refractivity contribution in [3.63, 3.8) is 0 Å². The number of urea groups is 1. The second-order valence-corrected chi connectivity index (χ2v) is 4.88. The van der Waals surface area contributed by atoms with Crippen molar-refractivity contribution in [2.45, 2.75) is 45.6 Å². The van der Waals surface area contributed by atoms with Crippen LogP contribution in [0.4, 0.5) is 4.79 Å². The third kappa shape index (κ3) is 3.89. The van der Waals surface area contributed by atoms with E-state index in [9.17, 15) is 9.59 Å². The number of hydrogen-bond acceptors (Lipinski definition) is 3. The zero-order chi connectivity index (χ0) is 13.5. The minimum absolute atomic E-state index is 0.0752. The molecule has 0 saturated carbocycles. The van der Waals surface area contributed by atoms with E-state index in [4.69, 9.17) is 4.74 Å². The van der Waals surface area contributed by atoms with Gasteiger partial charge in [-0.1, -0.05) is 20.3 Å². The third-order valence-electron chi connectivity index (χ3n) is 3.59. The van der Waals surface area contributed by atoms with Gasteiger partial charge in [-0.25, -0.2) is 9.59 Å². The summed E-state index contributed by atoms with van der Waals surface area (Å²) in [4.78, 5) is 25.5. The van der Waals surface area contributed by atoms with Gasteiger partial charge in [-0.05, 0) is 25.2 Å². The molecule has 0 aromatic heterocycles. The number of ether oxygens (including phenoxy) is 1. The first kappa shape index (κ1) is 14.8. The van der Waals surface area contributed by atoms with Gasteiger partial charge in [-0.3, -0.25) is 0 Å². The van der Waals surface area contributed by atoms with Crippen molar-refractivity contribution >= 4 is 12.0 Å². The minimum atomic E-state index is -0.547. The molecular weight excluding hydrogens is 232 g/mol. The average Bonchev–Trinajstić information content (AvgIpc) is 2.43. The van der Waals surface area contributed by atoms with E-state index >= 15 is 0 Å². The van der Waals surface area contributed by atoms with Gasteiger partial charge in [-0.2, -0.15) is 0 Å². The Morgan fingerprint density at radius 2 is 1.89 bits per heavy atom. The van der Waals surface area contributed by atoms with E-state index in [1.54, 1.807) is 4.90 Å². The molecule has 0 radical (unpaired) electrons. The fraction of sp³-hybridized carbons (Fsp3) is 0.846. The number of likely N-dealkylation sites (tertiary alicyclic amines) is 1. The number of esters is 1. The molecule has 5 heteroatoms. The summed E-state index contributed by atoms with van der Waals surface area (Å²) in [5.74, 6) is -0.291. The number of carbonyl (C=O) groups excluding carboxylic acids is 2. The molecule has 1 saturated heterocycles. The Hall–Kier alpha value is -1.26. The molecule has 0 aliphatic carbocycles. The number of amides is 2. The molecule has 1 rings (SSSR count). The lowest BCUT2D eigenvalue weighted by molar-refractivity contribution is -0.144. The highest BCUT2D eigenvalue weighted by atomic mass is 16.5. The van der Waals surface area contributed by atoms with E-state index in [1.165, 1.54) is 13.5 Å². The van der Waals surface area contributed by atoms with Crippen LogP contribution in [0.1, 0.15) is 39.5 Å². The quantitative estimate of drug-likeness (QED) is 0.780. The van der Waals surface area contributed by atoms with E-state index in [0.29, 0.717) is 0 Å². The van der Waals surface area contributed by atoms with Gasteiger partial charge in [0.15, 0.2) is 0 Å². The number of nitrogens with zero attached hydrogens (tertiary/aromatic N) is 1. The molecule has 1 heterocycles. The molecule has 5 nitrogen and oxygen atoms in total. The molecule has 0 aromatic carbocycles. The number of nitrogens with one attached hydrogen (secondary N) is 1. The summed E-state index contributed by atoms with van der Waals surface area (Å²) in [5, 5.41) is 2.80. The van der Waals surface area contributed by atoms with Gasteiger partial charge in [-0.15, -0.1) is 0 Å². The van der Waals surface area contributed by atoms with Crippen molar-refractivity contribution in [3.8, 4) is 0 Å². The summed E-state index contributed by atoms with van der Waals surface area (Å²) in [5.41, 5.74) is 0. The van der Waals surface area contributed by atoms with Gasteiger partial charge >= 0.3 is 12.0 Å². The van der Waals surface area contributed by atoms with Gasteiger partial charge in [0.1, 0.15) is 6.04 Å². The van der Waals surface area contributed by atoms with E-state index < -0.39 is 6.04 Å². The Morgan fingerprint density at radius 3 is 2.39 bits per heavy atom. The van der Waals surface area contributed by atoms with Crippen molar-refractivity contribution in [2.24, 2.45) is 5.92 Å². The molecule has 1 aliphatic heterocycles. The topological polar surface area (TPSA) is 58.6 Å². The monoisotopic (exact) mass is 256 g/mol. The van der Waals surface area contributed by atoms with Crippen LogP contribution in [0.3, 0.4) is 0 Å². The van der Waals surface area contributed by atoms with Gasteiger partial charge in [0.25, 0.3) is 0 Å². The first-order chi connectivity index (χ1) is 8.60. The summed E-state index contributed by atoms with van der Waals surface area (Å²) >= 11 is 0. The summed E-state index contributed by atoms with van der Waals surface area (Å²) in [6.45, 7) is 5.49. The van der Waals surface area contributed by atoms with Crippen LogP contribution in [0.2, 0.25) is 0 Å². The fourth-order valence-corrected chi connectivity index (χ4v) is 2.12. The standard InChI is InChI=1S/C13H24N2O3/c1-4-10(2)11(12(16)18-3)14-13(17)15-8-6-5-7-9-15/h10-11H,4-9H2,1-3H3,(H,14,17)/t10-,11-/m0/s1. The molecule has 1 fully saturated rings. The highest BCUT2D eigenvalue weighted by molar-refractivity contribution is 5.83. The van der Waals surface area contributed by atoms with E-state index in [-0.39, 0.29) is 17.9 Å². The van der Waals surface area contributed by atoms with Gasteiger partial charge in [0.2, 0.25) is 0 Å². The lowest BCUT2D eigenvalue weighted by Crippen LogP contribution is -2.52. The molecule has 1 aliphatic rings. The first-order valence-electron chi connectivity index (χ1n) is 6.73. The van der Waals surface area contributed by atoms with Gasteiger partial charge in [0, 0.05) is 13.1 Å². The largest absolute Gasteiger partial charge is 0.467 e. The second-order valence-electron chi connectivity index (χ2n) is 4.88. The van der Waals surface area contributed by atoms with E-state index in [2.05, 4.69) is 5.32 Å². The van der Waals surface area contributed by atoms with Gasteiger partial charge in [0.05, 0.1) is 7.11 Å². The summed E-state index contributed by atoms with van der Waals surface area (Å²) in [6, 6.07) is -0.695. The number of carbonyl (C=O) groups is 2. The predicted molar refractivity (Wildman–Crippen MR) is 69.2 cm³/mol. The SMILES string of the molecule is CC[C@H](C)[C@H](NC(=O)N1CCCCC1)C(=O)OC. The smallest absolute Gasteiger partial charge is 0.328 e. The summed E-state index contributed by atoms with van der Waals surface area (Å²) < 4.78 is 4.75. The van der Waals surface area contributed by atoms with Crippen LogP contribution < -0.4 is 5.32 Å². The van der Waals surface area contributed by atoms with Crippen molar-refractivity contribution in [3.05, 3.63) is 0 Å². The molecule has 104 valence electrons. The Bertz CT molecular complexity index is 288. The van der Waals surface area contributed by atoms with Crippen molar-refractivity contribution in [1.82, 2.24) is 10.2 Å². The Kier molecular flexibility index (Phi) is 5.95. The maximum absolute atomic E-state index is 12.1. The van der Waals surface area contributed by atoms with Crippen LogP contribution in [0, 0.1) is 5.92 Å². The third-order valence-corrected chi connectivity index (χ3v) is 3.59. The zero-order valence-corrected chi connectivity index (χ0v) is 11.6. The minimum Gasteiger partial charge on any atom is -0.467 e. The number of piperidine rings is 1. The lowest BCUT2D eigenvalue weighted by Gasteiger charge is -2.30. The number of rotatable bonds is 4. The summed E-state index contributed by atoms with van der Waals surface area (Å²) in [7, 11) is 1.35. The predicted octanol–water partition coefficient (Wildman–Crippen LogP) is 1.77. The van der Waals surface area contributed by atoms with Gasteiger partial charge < -0.3 is 15.0 Å². The fourth-order valence-electron chi connectivity index (χ4n) is 2.12. The average molecular weight is 256 g/mol. The Morgan fingerprint density at radius 1 is 1.28 bits per heavy atom. The molecule has 2 amide bonds. The van der Waals surface area contributed by atoms with Crippen LogP contribution in [-0.4, -0.2) is 43.1 Å². The number of methoxy groups -OCH3 is 1. The van der Waals surface area contributed by atoms with E-state index in [1.807, 2.05) is 13.8 Å². The first-order valence-corrected chi connectivity index (χ1v) is 6.73. The maximum atomic E-state index is 12.1. The maximum Gasteiger partial charge on any atom is 0.328 e. The second kappa shape index (κ2) is 7.24. The molecule has 0 aromatic rings. The van der Waals surface area contributed by atoms with Crippen molar-refractivity contribution in [1.29, 1.82) is 0 Å². The Labute approximate surface area is 109 Å². The number of hydrogen-bond donors (Lipinski definition) is 1. The molecule has 18 heavy (non-hydrogen) atoms. The van der Waals surface area contributed by atoms with Crippen LogP contribution in [0.25, 0.3) is 0 Å². The molecule has 0 spiro atoms. The molecule has 0 bridgehead atoms. The lowest BCUT2D eigenvalue weighted by atomic mass is 9.99. The van der Waals surface area contributed by atoms with Crippen LogP contribution >= 0.6 is 0 Å².